The molecule has 0 saturated carbocycles. The highest BCUT2D eigenvalue weighted by Crippen LogP contribution is 2.26. The van der Waals surface area contributed by atoms with Crippen LogP contribution in [0.2, 0.25) is 0 Å². The van der Waals surface area contributed by atoms with Crippen LogP contribution in [0, 0.1) is 10.1 Å². The minimum atomic E-state index is -0.494. The Morgan fingerprint density at radius 3 is 2.96 bits per heavy atom. The molecule has 1 aliphatic rings. The molecule has 1 fully saturated rings. The Kier molecular flexibility index (Phi) is 5.75. The summed E-state index contributed by atoms with van der Waals surface area (Å²) in [4.78, 5) is 29.1. The van der Waals surface area contributed by atoms with Crippen molar-refractivity contribution in [1.29, 1.82) is 0 Å². The lowest BCUT2D eigenvalue weighted by Crippen LogP contribution is -2.49. The Balaban J connectivity index is 1.61. The van der Waals surface area contributed by atoms with Gasteiger partial charge < -0.3 is 15.0 Å². The first-order valence-electron chi connectivity index (χ1n) is 8.43. The first kappa shape index (κ1) is 17.8. The third-order valence-electron chi connectivity index (χ3n) is 4.27. The maximum Gasteiger partial charge on any atom is 0.310 e. The zero-order valence-corrected chi connectivity index (χ0v) is 14.2. The van der Waals surface area contributed by atoms with Crippen LogP contribution in [0.1, 0.15) is 18.0 Å². The molecule has 0 spiro atoms. The maximum absolute atomic E-state index is 12.7. The van der Waals surface area contributed by atoms with E-state index in [1.807, 2.05) is 17.0 Å². The number of carbonyl (C=O) groups excluding carboxylic acids is 1. The van der Waals surface area contributed by atoms with Crippen LogP contribution in [0.15, 0.2) is 48.8 Å². The number of pyridine rings is 1. The van der Waals surface area contributed by atoms with Gasteiger partial charge in [0.25, 0.3) is 0 Å². The number of ether oxygens (including phenoxy) is 1. The average Bonchev–Trinajstić information content (AvgIpc) is 2.69. The topological polar surface area (TPSA) is 97.6 Å². The van der Waals surface area contributed by atoms with Crippen LogP contribution in [0.25, 0.3) is 0 Å². The van der Waals surface area contributed by atoms with E-state index in [-0.39, 0.29) is 36.4 Å². The molecule has 1 N–H and O–H groups in total. The second-order valence-electron chi connectivity index (χ2n) is 5.92. The summed E-state index contributed by atoms with van der Waals surface area (Å²) in [6.45, 7) is 2.09. The molecule has 1 saturated heterocycles. The van der Waals surface area contributed by atoms with Gasteiger partial charge in [-0.2, -0.15) is 0 Å². The summed E-state index contributed by atoms with van der Waals surface area (Å²) in [5, 5.41) is 14.3. The van der Waals surface area contributed by atoms with Crippen molar-refractivity contribution in [2.45, 2.75) is 12.5 Å². The molecule has 8 heteroatoms. The first-order chi connectivity index (χ1) is 12.7. The normalized spacial score (nSPS) is 16.9. The first-order valence-corrected chi connectivity index (χ1v) is 8.43. The fourth-order valence-corrected chi connectivity index (χ4v) is 3.00. The van der Waals surface area contributed by atoms with Crippen molar-refractivity contribution in [3.05, 3.63) is 64.5 Å². The predicted octanol–water partition coefficient (Wildman–Crippen LogP) is 1.93. The molecule has 1 amide bonds. The smallest absolute Gasteiger partial charge is 0.310 e. The number of nitrogens with zero attached hydrogens (tertiary/aromatic N) is 3. The van der Waals surface area contributed by atoms with E-state index in [0.29, 0.717) is 13.1 Å². The molecule has 1 atom stereocenters. The number of carbonyl (C=O) groups is 1. The van der Waals surface area contributed by atoms with Gasteiger partial charge in [0, 0.05) is 38.1 Å². The number of hydrogen-bond donors (Lipinski definition) is 1. The number of aromatic nitrogens is 1. The van der Waals surface area contributed by atoms with Gasteiger partial charge in [0.1, 0.15) is 0 Å². The minimum absolute atomic E-state index is 0.0427. The molecule has 8 nitrogen and oxygen atoms in total. The van der Waals surface area contributed by atoms with Gasteiger partial charge >= 0.3 is 5.69 Å². The van der Waals surface area contributed by atoms with E-state index < -0.39 is 4.92 Å². The number of benzene rings is 1. The van der Waals surface area contributed by atoms with Gasteiger partial charge in [-0.25, -0.2) is 0 Å². The maximum atomic E-state index is 12.7. The van der Waals surface area contributed by atoms with Crippen molar-refractivity contribution < 1.29 is 14.5 Å². The SMILES string of the molecule is O=C(CCOc1ccccc1[N+](=O)[O-])N1CCNCC1c1cccnc1. The molecular weight excluding hydrogens is 336 g/mol. The number of piperazine rings is 1. The van der Waals surface area contributed by atoms with E-state index in [0.717, 1.165) is 12.1 Å². The molecule has 1 aromatic carbocycles. The summed E-state index contributed by atoms with van der Waals surface area (Å²) >= 11 is 0. The van der Waals surface area contributed by atoms with Crippen molar-refractivity contribution >= 4 is 11.6 Å². The fraction of sp³-hybridized carbons (Fsp3) is 0.333. The fourth-order valence-electron chi connectivity index (χ4n) is 3.00. The Morgan fingerprint density at radius 1 is 1.35 bits per heavy atom. The summed E-state index contributed by atoms with van der Waals surface area (Å²) in [6.07, 6.45) is 3.62. The van der Waals surface area contributed by atoms with Gasteiger partial charge in [0.05, 0.1) is 24.0 Å². The van der Waals surface area contributed by atoms with Crippen LogP contribution in [0.4, 0.5) is 5.69 Å². The van der Waals surface area contributed by atoms with E-state index in [1.165, 1.54) is 12.1 Å². The van der Waals surface area contributed by atoms with Gasteiger partial charge in [0.15, 0.2) is 5.75 Å². The van der Waals surface area contributed by atoms with Crippen molar-refractivity contribution in [1.82, 2.24) is 15.2 Å². The molecule has 2 aromatic rings. The van der Waals surface area contributed by atoms with E-state index in [1.54, 1.807) is 24.5 Å². The lowest BCUT2D eigenvalue weighted by molar-refractivity contribution is -0.385. The van der Waals surface area contributed by atoms with Crippen LogP contribution < -0.4 is 10.1 Å². The molecule has 0 bridgehead atoms. The molecule has 2 heterocycles. The van der Waals surface area contributed by atoms with Crippen molar-refractivity contribution in [3.63, 3.8) is 0 Å². The monoisotopic (exact) mass is 356 g/mol. The zero-order chi connectivity index (χ0) is 18.4. The summed E-state index contributed by atoms with van der Waals surface area (Å²) in [5.41, 5.74) is 0.878. The zero-order valence-electron chi connectivity index (χ0n) is 14.2. The number of nitrogens with one attached hydrogen (secondary N) is 1. The number of nitro benzene ring substituents is 1. The number of hydrogen-bond acceptors (Lipinski definition) is 6. The number of amides is 1. The minimum Gasteiger partial charge on any atom is -0.486 e. The second-order valence-corrected chi connectivity index (χ2v) is 5.92. The van der Waals surface area contributed by atoms with Gasteiger partial charge in [-0.05, 0) is 17.7 Å². The molecule has 1 aromatic heterocycles. The Morgan fingerprint density at radius 2 is 2.19 bits per heavy atom. The van der Waals surface area contributed by atoms with Crippen molar-refractivity contribution in [2.24, 2.45) is 0 Å². The molecule has 1 aliphatic heterocycles. The van der Waals surface area contributed by atoms with Crippen molar-refractivity contribution in [2.75, 3.05) is 26.2 Å². The van der Waals surface area contributed by atoms with Crippen LogP contribution in [-0.4, -0.2) is 47.0 Å². The second kappa shape index (κ2) is 8.39. The Labute approximate surface area is 150 Å². The lowest BCUT2D eigenvalue weighted by atomic mass is 10.0. The molecular formula is C18H20N4O4. The Bertz CT molecular complexity index is 769. The van der Waals surface area contributed by atoms with Crippen LogP contribution in [0.5, 0.6) is 5.75 Å². The highest BCUT2D eigenvalue weighted by molar-refractivity contribution is 5.77. The third kappa shape index (κ3) is 4.15. The lowest BCUT2D eigenvalue weighted by Gasteiger charge is -2.36. The van der Waals surface area contributed by atoms with E-state index in [4.69, 9.17) is 4.74 Å². The van der Waals surface area contributed by atoms with Crippen LogP contribution in [0.3, 0.4) is 0 Å². The van der Waals surface area contributed by atoms with E-state index >= 15 is 0 Å². The van der Waals surface area contributed by atoms with E-state index in [9.17, 15) is 14.9 Å². The highest BCUT2D eigenvalue weighted by Gasteiger charge is 2.27. The quantitative estimate of drug-likeness (QED) is 0.627. The number of rotatable bonds is 6. The number of nitro groups is 1. The molecule has 136 valence electrons. The summed E-state index contributed by atoms with van der Waals surface area (Å²) in [7, 11) is 0. The summed E-state index contributed by atoms with van der Waals surface area (Å²) in [5.74, 6) is 0.133. The standard InChI is InChI=1S/C18H20N4O4/c23-18(7-11-26-17-6-2-1-5-15(17)22(24)25)21-10-9-20-13-16(21)14-4-3-8-19-12-14/h1-6,8,12,16,20H,7,9-11,13H2. The van der Waals surface area contributed by atoms with E-state index in [2.05, 4.69) is 10.3 Å². The van der Waals surface area contributed by atoms with Crippen LogP contribution in [-0.2, 0) is 4.79 Å². The predicted molar refractivity (Wildman–Crippen MR) is 94.8 cm³/mol. The van der Waals surface area contributed by atoms with Crippen molar-refractivity contribution in [3.8, 4) is 5.75 Å². The molecule has 0 radical (unpaired) electrons. The Hall–Kier alpha value is -3.00. The van der Waals surface area contributed by atoms with Gasteiger partial charge in [-0.1, -0.05) is 18.2 Å². The molecule has 3 rings (SSSR count). The molecule has 1 unspecified atom stereocenters. The largest absolute Gasteiger partial charge is 0.486 e. The van der Waals surface area contributed by atoms with Gasteiger partial charge in [-0.3, -0.25) is 19.9 Å². The summed E-state index contributed by atoms with van der Waals surface area (Å²) in [6, 6.07) is 9.89. The highest BCUT2D eigenvalue weighted by atomic mass is 16.6. The average molecular weight is 356 g/mol. The summed E-state index contributed by atoms with van der Waals surface area (Å²) < 4.78 is 5.48. The number of para-hydroxylation sites is 2. The van der Waals surface area contributed by atoms with Crippen LogP contribution >= 0.6 is 0 Å². The van der Waals surface area contributed by atoms with Gasteiger partial charge in [0.2, 0.25) is 5.91 Å². The van der Waals surface area contributed by atoms with Gasteiger partial charge in [-0.15, -0.1) is 0 Å². The third-order valence-corrected chi connectivity index (χ3v) is 4.27. The molecule has 0 aliphatic carbocycles. The molecule has 26 heavy (non-hydrogen) atoms.